The van der Waals surface area contributed by atoms with Gasteiger partial charge in [-0.1, -0.05) is 24.3 Å². The summed E-state index contributed by atoms with van der Waals surface area (Å²) < 4.78 is 17.5. The van der Waals surface area contributed by atoms with E-state index in [0.717, 1.165) is 5.56 Å². The Hall–Kier alpha value is -2.75. The molecule has 0 aliphatic heterocycles. The van der Waals surface area contributed by atoms with E-state index in [0.29, 0.717) is 23.0 Å². The van der Waals surface area contributed by atoms with Crippen molar-refractivity contribution < 1.29 is 18.7 Å². The number of methoxy groups -OCH3 is 1. The Bertz CT molecular complexity index is 670. The Balaban J connectivity index is 2.29. The van der Waals surface area contributed by atoms with E-state index >= 15 is 0 Å². The number of ether oxygens (including phenoxy) is 1. The second-order valence-electron chi connectivity index (χ2n) is 4.34. The molecule has 4 heteroatoms. The molecule has 0 aliphatic carbocycles. The van der Waals surface area contributed by atoms with Crippen LogP contribution in [0.25, 0.3) is 11.6 Å². The number of benzene rings is 2. The molecule has 0 amide bonds. The van der Waals surface area contributed by atoms with Crippen LogP contribution in [-0.2, 0) is 9.53 Å². The van der Waals surface area contributed by atoms with E-state index in [1.165, 1.54) is 19.2 Å². The third-order valence-corrected chi connectivity index (χ3v) is 2.96. The number of hydrogen-bond acceptors (Lipinski definition) is 3. The van der Waals surface area contributed by atoms with Crippen molar-refractivity contribution in [1.82, 2.24) is 0 Å². The average Bonchev–Trinajstić information content (AvgIpc) is 2.53. The summed E-state index contributed by atoms with van der Waals surface area (Å²) in [6.07, 6.45) is 2.38. The number of aldehydes is 1. The molecule has 0 heterocycles. The molecule has 3 nitrogen and oxygen atoms in total. The first-order chi connectivity index (χ1) is 10.1. The van der Waals surface area contributed by atoms with Gasteiger partial charge in [0.1, 0.15) is 5.82 Å². The van der Waals surface area contributed by atoms with E-state index in [1.54, 1.807) is 42.5 Å². The van der Waals surface area contributed by atoms with Gasteiger partial charge in [0.15, 0.2) is 6.29 Å². The summed E-state index contributed by atoms with van der Waals surface area (Å²) >= 11 is 0. The molecule has 0 saturated carbocycles. The number of allylic oxidation sites excluding steroid dienone is 1. The highest BCUT2D eigenvalue weighted by Gasteiger charge is 2.05. The maximum absolute atomic E-state index is 12.9. The van der Waals surface area contributed by atoms with Crippen molar-refractivity contribution in [2.75, 3.05) is 7.11 Å². The van der Waals surface area contributed by atoms with Crippen molar-refractivity contribution in [1.29, 1.82) is 0 Å². The molecule has 2 aromatic carbocycles. The van der Waals surface area contributed by atoms with Crippen molar-refractivity contribution in [2.24, 2.45) is 0 Å². The number of halogens is 1. The van der Waals surface area contributed by atoms with Gasteiger partial charge in [-0.3, -0.25) is 4.79 Å². The van der Waals surface area contributed by atoms with Crippen LogP contribution in [0.5, 0.6) is 0 Å². The lowest BCUT2D eigenvalue weighted by atomic mass is 10.0. The fraction of sp³-hybridized carbons (Fsp3) is 0.0588. The molecule has 2 rings (SSSR count). The topological polar surface area (TPSA) is 43.4 Å². The third-order valence-electron chi connectivity index (χ3n) is 2.96. The standard InChI is InChI=1S/C17H13FO3/c1-21-17(20)14-4-2-12(3-5-14)10-15(11-19)13-6-8-16(18)9-7-13/h2-11H,1H3. The molecule has 0 fully saturated rings. The molecule has 0 atom stereocenters. The van der Waals surface area contributed by atoms with Crippen molar-refractivity contribution in [3.8, 4) is 0 Å². The van der Waals surface area contributed by atoms with Gasteiger partial charge in [-0.15, -0.1) is 0 Å². The summed E-state index contributed by atoms with van der Waals surface area (Å²) in [6, 6.07) is 12.3. The van der Waals surface area contributed by atoms with Crippen LogP contribution < -0.4 is 0 Å². The molecule has 0 N–H and O–H groups in total. The summed E-state index contributed by atoms with van der Waals surface area (Å²) in [5.41, 5.74) is 2.25. The Morgan fingerprint density at radius 1 is 1.00 bits per heavy atom. The molecule has 0 radical (unpaired) electrons. The van der Waals surface area contributed by atoms with Gasteiger partial charge in [0.05, 0.1) is 12.7 Å². The highest BCUT2D eigenvalue weighted by atomic mass is 19.1. The number of carbonyl (C=O) groups excluding carboxylic acids is 2. The minimum atomic E-state index is -0.417. The summed E-state index contributed by atoms with van der Waals surface area (Å²) in [5, 5.41) is 0. The zero-order valence-electron chi connectivity index (χ0n) is 11.4. The maximum atomic E-state index is 12.9. The lowest BCUT2D eigenvalue weighted by Crippen LogP contribution is -2.00. The first-order valence-electron chi connectivity index (χ1n) is 6.25. The molecule has 0 bridgehead atoms. The molecular weight excluding hydrogens is 271 g/mol. The zero-order chi connectivity index (χ0) is 15.2. The Morgan fingerprint density at radius 2 is 1.57 bits per heavy atom. The van der Waals surface area contributed by atoms with Gasteiger partial charge in [-0.25, -0.2) is 9.18 Å². The predicted octanol–water partition coefficient (Wildman–Crippen LogP) is 3.35. The molecule has 2 aromatic rings. The van der Waals surface area contributed by atoms with Gasteiger partial charge in [0.2, 0.25) is 0 Å². The fourth-order valence-electron chi connectivity index (χ4n) is 1.84. The Labute approximate surface area is 121 Å². The minimum Gasteiger partial charge on any atom is -0.465 e. The molecule has 0 spiro atoms. The Morgan fingerprint density at radius 3 is 2.10 bits per heavy atom. The number of esters is 1. The molecule has 106 valence electrons. The zero-order valence-corrected chi connectivity index (χ0v) is 11.4. The van der Waals surface area contributed by atoms with E-state index < -0.39 is 5.97 Å². The van der Waals surface area contributed by atoms with Crippen LogP contribution in [0.2, 0.25) is 0 Å². The van der Waals surface area contributed by atoms with Gasteiger partial charge < -0.3 is 4.74 Å². The van der Waals surface area contributed by atoms with Crippen molar-refractivity contribution >= 4 is 23.9 Å². The summed E-state index contributed by atoms with van der Waals surface area (Å²) in [7, 11) is 1.31. The highest BCUT2D eigenvalue weighted by molar-refractivity contribution is 6.13. The summed E-state index contributed by atoms with van der Waals surface area (Å²) in [6.45, 7) is 0. The summed E-state index contributed by atoms with van der Waals surface area (Å²) in [4.78, 5) is 22.5. The largest absolute Gasteiger partial charge is 0.465 e. The SMILES string of the molecule is COC(=O)c1ccc(C=C(C=O)c2ccc(F)cc2)cc1. The van der Waals surface area contributed by atoms with Crippen LogP contribution in [0.3, 0.4) is 0 Å². The third kappa shape index (κ3) is 3.63. The monoisotopic (exact) mass is 284 g/mol. The smallest absolute Gasteiger partial charge is 0.337 e. The van der Waals surface area contributed by atoms with Crippen molar-refractivity contribution in [2.45, 2.75) is 0 Å². The van der Waals surface area contributed by atoms with Gasteiger partial charge in [-0.2, -0.15) is 0 Å². The van der Waals surface area contributed by atoms with Crippen LogP contribution in [-0.4, -0.2) is 19.4 Å². The van der Waals surface area contributed by atoms with Crippen LogP contribution in [0.15, 0.2) is 48.5 Å². The van der Waals surface area contributed by atoms with Gasteiger partial charge in [0.25, 0.3) is 0 Å². The number of carbonyl (C=O) groups is 2. The molecular formula is C17H13FO3. The van der Waals surface area contributed by atoms with E-state index in [9.17, 15) is 14.0 Å². The second-order valence-corrected chi connectivity index (χ2v) is 4.34. The Kier molecular flexibility index (Phi) is 4.61. The van der Waals surface area contributed by atoms with Crippen molar-refractivity contribution in [3.05, 3.63) is 71.0 Å². The molecule has 0 aromatic heterocycles. The first-order valence-corrected chi connectivity index (χ1v) is 6.25. The number of rotatable bonds is 4. The molecule has 21 heavy (non-hydrogen) atoms. The lowest BCUT2D eigenvalue weighted by Gasteiger charge is -2.02. The normalized spacial score (nSPS) is 11.0. The highest BCUT2D eigenvalue weighted by Crippen LogP contribution is 2.17. The van der Waals surface area contributed by atoms with Crippen LogP contribution >= 0.6 is 0 Å². The lowest BCUT2D eigenvalue weighted by molar-refractivity contribution is -0.103. The van der Waals surface area contributed by atoms with E-state index in [-0.39, 0.29) is 5.82 Å². The molecule has 0 aliphatic rings. The van der Waals surface area contributed by atoms with Crippen LogP contribution in [0, 0.1) is 5.82 Å². The van der Waals surface area contributed by atoms with E-state index in [1.807, 2.05) is 0 Å². The summed E-state index contributed by atoms with van der Waals surface area (Å²) in [5.74, 6) is -0.772. The van der Waals surface area contributed by atoms with Gasteiger partial charge >= 0.3 is 5.97 Å². The minimum absolute atomic E-state index is 0.355. The van der Waals surface area contributed by atoms with Crippen LogP contribution in [0.1, 0.15) is 21.5 Å². The average molecular weight is 284 g/mol. The molecule has 0 saturated heterocycles. The fourth-order valence-corrected chi connectivity index (χ4v) is 1.84. The quantitative estimate of drug-likeness (QED) is 0.374. The van der Waals surface area contributed by atoms with Gasteiger partial charge in [0, 0.05) is 5.57 Å². The first kappa shape index (κ1) is 14.7. The second kappa shape index (κ2) is 6.61. The van der Waals surface area contributed by atoms with E-state index in [2.05, 4.69) is 4.74 Å². The number of hydrogen-bond donors (Lipinski definition) is 0. The van der Waals surface area contributed by atoms with Crippen LogP contribution in [0.4, 0.5) is 4.39 Å². The van der Waals surface area contributed by atoms with Gasteiger partial charge in [-0.05, 0) is 41.5 Å². The molecule has 0 unspecified atom stereocenters. The van der Waals surface area contributed by atoms with Crippen molar-refractivity contribution in [3.63, 3.8) is 0 Å². The maximum Gasteiger partial charge on any atom is 0.337 e. The van der Waals surface area contributed by atoms with E-state index in [4.69, 9.17) is 0 Å². The predicted molar refractivity (Wildman–Crippen MR) is 78.1 cm³/mol.